The Morgan fingerprint density at radius 3 is 3.07 bits per heavy atom. The van der Waals surface area contributed by atoms with Gasteiger partial charge in [-0.15, -0.1) is 5.73 Å². The van der Waals surface area contributed by atoms with E-state index in [1.54, 1.807) is 0 Å². The van der Waals surface area contributed by atoms with Crippen LogP contribution in [0.25, 0.3) is 0 Å². The van der Waals surface area contributed by atoms with E-state index < -0.39 is 0 Å². The van der Waals surface area contributed by atoms with Gasteiger partial charge >= 0.3 is 0 Å². The van der Waals surface area contributed by atoms with Crippen LogP contribution < -0.4 is 0 Å². The van der Waals surface area contributed by atoms with Crippen LogP contribution in [0.1, 0.15) is 38.5 Å². The number of hydrogen-bond acceptors (Lipinski definition) is 2. The summed E-state index contributed by atoms with van der Waals surface area (Å²) in [7, 11) is 0. The molecule has 1 aliphatic rings. The Kier molecular flexibility index (Phi) is 6.42. The molecule has 1 atom stereocenters. The Morgan fingerprint density at radius 1 is 1.43 bits per heavy atom. The van der Waals surface area contributed by atoms with E-state index in [9.17, 15) is 0 Å². The molecule has 1 saturated heterocycles. The van der Waals surface area contributed by atoms with Crippen LogP contribution in [0.4, 0.5) is 0 Å². The van der Waals surface area contributed by atoms with Gasteiger partial charge in [-0.25, -0.2) is 0 Å². The van der Waals surface area contributed by atoms with Gasteiger partial charge in [-0.05, 0) is 44.6 Å². The third-order valence-corrected chi connectivity index (χ3v) is 2.33. The molecule has 0 saturated carbocycles. The van der Waals surface area contributed by atoms with Crippen molar-refractivity contribution in [3.8, 4) is 0 Å². The second-order valence-electron chi connectivity index (χ2n) is 3.57. The minimum Gasteiger partial charge on any atom is -0.353 e. The number of allylic oxidation sites excluding steroid dienone is 1. The van der Waals surface area contributed by atoms with Crippen molar-refractivity contribution < 1.29 is 9.47 Å². The van der Waals surface area contributed by atoms with Crippen LogP contribution in [-0.2, 0) is 9.47 Å². The summed E-state index contributed by atoms with van der Waals surface area (Å²) in [5.41, 5.74) is 2.77. The first kappa shape index (κ1) is 11.5. The maximum atomic E-state index is 5.59. The SMILES string of the molecule is C=C=CCCCCOC1CCCCO1. The van der Waals surface area contributed by atoms with Crippen molar-refractivity contribution in [2.24, 2.45) is 0 Å². The van der Waals surface area contributed by atoms with Crippen LogP contribution in [-0.4, -0.2) is 19.5 Å². The van der Waals surface area contributed by atoms with Crippen LogP contribution in [0.3, 0.4) is 0 Å². The van der Waals surface area contributed by atoms with Crippen molar-refractivity contribution in [3.05, 3.63) is 18.4 Å². The molecule has 0 bridgehead atoms. The van der Waals surface area contributed by atoms with Gasteiger partial charge in [0.05, 0.1) is 0 Å². The summed E-state index contributed by atoms with van der Waals surface area (Å²) in [6.45, 7) is 5.20. The van der Waals surface area contributed by atoms with Crippen LogP contribution in [0.15, 0.2) is 18.4 Å². The third-order valence-electron chi connectivity index (χ3n) is 2.33. The van der Waals surface area contributed by atoms with Gasteiger partial charge in [-0.2, -0.15) is 0 Å². The van der Waals surface area contributed by atoms with Gasteiger partial charge in [-0.3, -0.25) is 0 Å². The quantitative estimate of drug-likeness (QED) is 0.480. The lowest BCUT2D eigenvalue weighted by Gasteiger charge is -2.22. The lowest BCUT2D eigenvalue weighted by atomic mass is 10.2. The summed E-state index contributed by atoms with van der Waals surface area (Å²) in [6.07, 6.45) is 8.82. The number of rotatable bonds is 6. The van der Waals surface area contributed by atoms with E-state index in [0.29, 0.717) is 0 Å². The summed E-state index contributed by atoms with van der Waals surface area (Å²) in [4.78, 5) is 0. The first-order valence-electron chi connectivity index (χ1n) is 5.51. The monoisotopic (exact) mass is 196 g/mol. The molecule has 2 heteroatoms. The minimum atomic E-state index is 0.0682. The number of hydrogen-bond donors (Lipinski definition) is 0. The van der Waals surface area contributed by atoms with E-state index in [1.807, 2.05) is 6.08 Å². The van der Waals surface area contributed by atoms with Gasteiger partial charge in [0.1, 0.15) is 0 Å². The molecule has 1 unspecified atom stereocenters. The zero-order valence-electron chi connectivity index (χ0n) is 8.84. The first-order valence-corrected chi connectivity index (χ1v) is 5.51. The lowest BCUT2D eigenvalue weighted by Crippen LogP contribution is -2.22. The van der Waals surface area contributed by atoms with E-state index >= 15 is 0 Å². The second-order valence-corrected chi connectivity index (χ2v) is 3.57. The van der Waals surface area contributed by atoms with E-state index in [2.05, 4.69) is 12.3 Å². The van der Waals surface area contributed by atoms with Gasteiger partial charge in [0, 0.05) is 13.2 Å². The molecule has 1 rings (SSSR count). The molecule has 1 aliphatic heterocycles. The maximum absolute atomic E-state index is 5.59. The molecule has 0 radical (unpaired) electrons. The van der Waals surface area contributed by atoms with Gasteiger partial charge in [-0.1, -0.05) is 6.58 Å². The molecule has 0 aromatic heterocycles. The van der Waals surface area contributed by atoms with Gasteiger partial charge in [0.15, 0.2) is 6.29 Å². The zero-order valence-corrected chi connectivity index (χ0v) is 8.84. The highest BCUT2D eigenvalue weighted by Crippen LogP contribution is 2.14. The Labute approximate surface area is 86.6 Å². The molecule has 1 fully saturated rings. The zero-order chi connectivity index (χ0) is 10.1. The highest BCUT2D eigenvalue weighted by Gasteiger charge is 2.12. The summed E-state index contributed by atoms with van der Waals surface area (Å²) < 4.78 is 11.0. The third kappa shape index (κ3) is 5.23. The summed E-state index contributed by atoms with van der Waals surface area (Å²) in [6, 6.07) is 0. The first-order chi connectivity index (χ1) is 6.93. The Balaban J connectivity index is 1.89. The Morgan fingerprint density at radius 2 is 2.36 bits per heavy atom. The van der Waals surface area contributed by atoms with Crippen molar-refractivity contribution in [2.75, 3.05) is 13.2 Å². The van der Waals surface area contributed by atoms with E-state index in [0.717, 1.165) is 38.9 Å². The Bertz CT molecular complexity index is 177. The van der Waals surface area contributed by atoms with Crippen LogP contribution in [0, 0.1) is 0 Å². The second kappa shape index (κ2) is 7.81. The molecule has 0 amide bonds. The Hall–Kier alpha value is -0.560. The number of unbranched alkanes of at least 4 members (excludes halogenated alkanes) is 2. The smallest absolute Gasteiger partial charge is 0.157 e. The predicted molar refractivity (Wildman–Crippen MR) is 57.1 cm³/mol. The molecule has 0 aromatic carbocycles. The molecule has 14 heavy (non-hydrogen) atoms. The minimum absolute atomic E-state index is 0.0682. The fourth-order valence-corrected chi connectivity index (χ4v) is 1.51. The van der Waals surface area contributed by atoms with Crippen LogP contribution in [0.5, 0.6) is 0 Å². The molecule has 0 spiro atoms. The molecule has 0 aromatic rings. The standard InChI is InChI=1S/C12H20O2/c1-2-3-4-5-7-10-13-12-9-6-8-11-14-12/h3,12H,1,4-11H2. The van der Waals surface area contributed by atoms with Crippen LogP contribution in [0.2, 0.25) is 0 Å². The largest absolute Gasteiger partial charge is 0.353 e. The molecule has 1 heterocycles. The highest BCUT2D eigenvalue weighted by atomic mass is 16.7. The van der Waals surface area contributed by atoms with E-state index in [4.69, 9.17) is 9.47 Å². The highest BCUT2D eigenvalue weighted by molar-refractivity contribution is 4.74. The van der Waals surface area contributed by atoms with Gasteiger partial charge < -0.3 is 9.47 Å². The fourth-order valence-electron chi connectivity index (χ4n) is 1.51. The predicted octanol–water partition coefficient (Wildman–Crippen LogP) is 3.04. The van der Waals surface area contributed by atoms with Crippen molar-refractivity contribution in [2.45, 2.75) is 44.8 Å². The molecule has 0 N–H and O–H groups in total. The van der Waals surface area contributed by atoms with Crippen molar-refractivity contribution in [1.29, 1.82) is 0 Å². The molecular weight excluding hydrogens is 176 g/mol. The van der Waals surface area contributed by atoms with Gasteiger partial charge in [0.2, 0.25) is 0 Å². The maximum Gasteiger partial charge on any atom is 0.157 e. The summed E-state index contributed by atoms with van der Waals surface area (Å²) >= 11 is 0. The topological polar surface area (TPSA) is 18.5 Å². The summed E-state index contributed by atoms with van der Waals surface area (Å²) in [5.74, 6) is 0. The summed E-state index contributed by atoms with van der Waals surface area (Å²) in [5, 5.41) is 0. The van der Waals surface area contributed by atoms with E-state index in [-0.39, 0.29) is 6.29 Å². The van der Waals surface area contributed by atoms with Crippen molar-refractivity contribution in [1.82, 2.24) is 0 Å². The normalized spacial score (nSPS) is 21.6. The average Bonchev–Trinajstić information content (AvgIpc) is 2.25. The van der Waals surface area contributed by atoms with Crippen molar-refractivity contribution >= 4 is 0 Å². The van der Waals surface area contributed by atoms with E-state index in [1.165, 1.54) is 12.8 Å². The van der Waals surface area contributed by atoms with Crippen LogP contribution >= 0.6 is 0 Å². The molecular formula is C12H20O2. The lowest BCUT2D eigenvalue weighted by molar-refractivity contribution is -0.162. The molecule has 0 aliphatic carbocycles. The number of ether oxygens (including phenoxy) is 2. The molecule has 80 valence electrons. The van der Waals surface area contributed by atoms with Gasteiger partial charge in [0.25, 0.3) is 0 Å². The molecule has 2 nitrogen and oxygen atoms in total. The average molecular weight is 196 g/mol. The van der Waals surface area contributed by atoms with Crippen molar-refractivity contribution in [3.63, 3.8) is 0 Å². The fraction of sp³-hybridized carbons (Fsp3) is 0.750.